The van der Waals surface area contributed by atoms with Crippen LogP contribution in [-0.4, -0.2) is 21.0 Å². The highest BCUT2D eigenvalue weighted by atomic mass is 28.4. The largest absolute Gasteiger partial charge is 0.411 e. The van der Waals surface area contributed by atoms with Crippen molar-refractivity contribution in [3.63, 3.8) is 0 Å². The molecule has 0 radical (unpaired) electrons. The van der Waals surface area contributed by atoms with Crippen molar-refractivity contribution in [2.75, 3.05) is 6.61 Å². The van der Waals surface area contributed by atoms with Crippen molar-refractivity contribution in [1.29, 1.82) is 0 Å². The summed E-state index contributed by atoms with van der Waals surface area (Å²) >= 11 is 0. The lowest BCUT2D eigenvalue weighted by molar-refractivity contribution is 0.0393. The summed E-state index contributed by atoms with van der Waals surface area (Å²) in [4.78, 5) is 0. The molecule has 1 unspecified atom stereocenters. The number of allylic oxidation sites excluding steroid dienone is 1. The Morgan fingerprint density at radius 1 is 1.22 bits per heavy atom. The molecular weight excluding hydrogens is 240 g/mol. The molecule has 0 saturated heterocycles. The molecule has 3 heteroatoms. The summed E-state index contributed by atoms with van der Waals surface area (Å²) < 4.78 is 12.0. The number of benzene rings is 1. The average molecular weight is 262 g/mol. The van der Waals surface area contributed by atoms with E-state index < -0.39 is 8.32 Å². The zero-order valence-corrected chi connectivity index (χ0v) is 12.3. The fourth-order valence-electron chi connectivity index (χ4n) is 2.15. The quantitative estimate of drug-likeness (QED) is 0.608. The first-order chi connectivity index (χ1) is 8.66. The van der Waals surface area contributed by atoms with Gasteiger partial charge in [0.2, 0.25) is 0 Å². The first-order valence-electron chi connectivity index (χ1n) is 6.60. The van der Waals surface area contributed by atoms with Crippen LogP contribution in [0, 0.1) is 0 Å². The third-order valence-electron chi connectivity index (χ3n) is 3.08. The maximum atomic E-state index is 6.19. The summed E-state index contributed by atoms with van der Waals surface area (Å²) in [6, 6.07) is 11.4. The van der Waals surface area contributed by atoms with Crippen LogP contribution in [0.2, 0.25) is 19.1 Å². The molecule has 2 rings (SSSR count). The van der Waals surface area contributed by atoms with Gasteiger partial charge in [-0.25, -0.2) is 0 Å². The van der Waals surface area contributed by atoms with E-state index in [4.69, 9.17) is 9.16 Å². The van der Waals surface area contributed by atoms with Gasteiger partial charge in [0.15, 0.2) is 8.32 Å². The highest BCUT2D eigenvalue weighted by Gasteiger charge is 2.26. The Bertz CT molecular complexity index is 387. The first kappa shape index (κ1) is 13.5. The molecule has 18 heavy (non-hydrogen) atoms. The first-order valence-corrected chi connectivity index (χ1v) is 9.72. The minimum atomic E-state index is -1.50. The van der Waals surface area contributed by atoms with Gasteiger partial charge in [-0.1, -0.05) is 42.5 Å². The second kappa shape index (κ2) is 6.32. The van der Waals surface area contributed by atoms with Crippen LogP contribution in [0.25, 0.3) is 0 Å². The van der Waals surface area contributed by atoms with Gasteiger partial charge in [-0.3, -0.25) is 0 Å². The van der Waals surface area contributed by atoms with Crippen molar-refractivity contribution in [2.45, 2.75) is 38.3 Å². The van der Waals surface area contributed by atoms with Gasteiger partial charge >= 0.3 is 0 Å². The van der Waals surface area contributed by atoms with E-state index in [1.165, 1.54) is 5.56 Å². The van der Waals surface area contributed by atoms with Crippen LogP contribution >= 0.6 is 0 Å². The van der Waals surface area contributed by atoms with Gasteiger partial charge in [0.25, 0.3) is 0 Å². The predicted octanol–water partition coefficient (Wildman–Crippen LogP) is 3.75. The molecule has 1 aromatic carbocycles. The molecule has 1 aliphatic rings. The molecule has 1 atom stereocenters. The van der Waals surface area contributed by atoms with Crippen molar-refractivity contribution in [2.24, 2.45) is 0 Å². The van der Waals surface area contributed by atoms with E-state index in [-0.39, 0.29) is 6.10 Å². The number of rotatable bonds is 4. The zero-order chi connectivity index (χ0) is 12.8. The molecule has 0 N–H and O–H groups in total. The smallest absolute Gasteiger partial charge is 0.191 e. The van der Waals surface area contributed by atoms with Crippen LogP contribution in [0.4, 0.5) is 0 Å². The summed E-state index contributed by atoms with van der Waals surface area (Å²) in [5.41, 5.74) is 1.22. The average Bonchev–Trinajstić information content (AvgIpc) is 2.51. The summed E-state index contributed by atoms with van der Waals surface area (Å²) in [7, 11) is -1.50. The van der Waals surface area contributed by atoms with Crippen molar-refractivity contribution < 1.29 is 9.16 Å². The van der Waals surface area contributed by atoms with Gasteiger partial charge in [-0.05, 0) is 31.1 Å². The van der Waals surface area contributed by atoms with Gasteiger partial charge in [0, 0.05) is 0 Å². The Kier molecular flexibility index (Phi) is 4.75. The van der Waals surface area contributed by atoms with Gasteiger partial charge in [-0.2, -0.15) is 0 Å². The Morgan fingerprint density at radius 2 is 2.00 bits per heavy atom. The van der Waals surface area contributed by atoms with Crippen LogP contribution in [0.5, 0.6) is 0 Å². The Morgan fingerprint density at radius 3 is 2.78 bits per heavy atom. The lowest BCUT2D eigenvalue weighted by Crippen LogP contribution is -2.35. The molecule has 98 valence electrons. The minimum Gasteiger partial charge on any atom is -0.411 e. The van der Waals surface area contributed by atoms with Crippen molar-refractivity contribution in [3.05, 3.63) is 48.0 Å². The number of ether oxygens (including phenoxy) is 1. The number of hydrogen-bond acceptors (Lipinski definition) is 2. The molecule has 0 amide bonds. The highest BCUT2D eigenvalue weighted by Crippen LogP contribution is 2.20. The Balaban J connectivity index is 1.78. The van der Waals surface area contributed by atoms with Crippen LogP contribution in [0.1, 0.15) is 12.0 Å². The van der Waals surface area contributed by atoms with E-state index in [0.29, 0.717) is 13.2 Å². The normalized spacial score (nSPS) is 22.7. The highest BCUT2D eigenvalue weighted by molar-refractivity contribution is 6.71. The van der Waals surface area contributed by atoms with Gasteiger partial charge in [0.1, 0.15) is 0 Å². The molecule has 2 nitrogen and oxygen atoms in total. The topological polar surface area (TPSA) is 18.5 Å². The van der Waals surface area contributed by atoms with Crippen LogP contribution < -0.4 is 0 Å². The van der Waals surface area contributed by atoms with E-state index in [0.717, 1.165) is 12.5 Å². The van der Waals surface area contributed by atoms with E-state index in [1.54, 1.807) is 0 Å². The fourth-order valence-corrected chi connectivity index (χ4v) is 4.04. The van der Waals surface area contributed by atoms with Crippen molar-refractivity contribution in [3.8, 4) is 0 Å². The zero-order valence-electron chi connectivity index (χ0n) is 11.3. The van der Waals surface area contributed by atoms with Crippen molar-refractivity contribution in [1.82, 2.24) is 0 Å². The van der Waals surface area contributed by atoms with E-state index in [9.17, 15) is 0 Å². The van der Waals surface area contributed by atoms with Crippen LogP contribution in [-0.2, 0) is 15.8 Å². The molecule has 1 aromatic rings. The van der Waals surface area contributed by atoms with Gasteiger partial charge < -0.3 is 9.16 Å². The standard InChI is InChI=1S/C15H22O2Si/c1-18(2)11-7-6-10-15(17-18)13-16-12-14-8-4-3-5-9-14/h3-9,15H,10-13H2,1-2H3. The maximum absolute atomic E-state index is 6.19. The molecule has 0 aromatic heterocycles. The van der Waals surface area contributed by atoms with E-state index in [2.05, 4.69) is 37.4 Å². The molecule has 0 saturated carbocycles. The monoisotopic (exact) mass is 262 g/mol. The van der Waals surface area contributed by atoms with Gasteiger partial charge in [-0.15, -0.1) is 0 Å². The summed E-state index contributed by atoms with van der Waals surface area (Å²) in [5, 5.41) is 0. The third-order valence-corrected chi connectivity index (χ3v) is 5.27. The molecule has 1 aliphatic heterocycles. The second-order valence-corrected chi connectivity index (χ2v) is 9.57. The summed E-state index contributed by atoms with van der Waals surface area (Å²) in [6.45, 7) is 5.90. The van der Waals surface area contributed by atoms with Crippen molar-refractivity contribution >= 4 is 8.32 Å². The van der Waals surface area contributed by atoms with Gasteiger partial charge in [0.05, 0.1) is 19.3 Å². The lowest BCUT2D eigenvalue weighted by atomic mass is 10.2. The molecule has 0 aliphatic carbocycles. The van der Waals surface area contributed by atoms with Crippen LogP contribution in [0.3, 0.4) is 0 Å². The number of hydrogen-bond donors (Lipinski definition) is 0. The lowest BCUT2D eigenvalue weighted by Gasteiger charge is -2.26. The Labute approximate surface area is 111 Å². The van der Waals surface area contributed by atoms with E-state index in [1.807, 2.05) is 18.2 Å². The molecule has 0 bridgehead atoms. The molecule has 1 heterocycles. The molecular formula is C15H22O2Si. The molecule has 0 fully saturated rings. The summed E-state index contributed by atoms with van der Waals surface area (Å²) in [5.74, 6) is 0. The SMILES string of the molecule is C[Si]1(C)CC=CCC(COCc2ccccc2)O1. The van der Waals surface area contributed by atoms with Crippen LogP contribution in [0.15, 0.2) is 42.5 Å². The Hall–Kier alpha value is -0.903. The fraction of sp³-hybridized carbons (Fsp3) is 0.467. The second-order valence-electron chi connectivity index (χ2n) is 5.41. The summed E-state index contributed by atoms with van der Waals surface area (Å²) in [6.07, 6.45) is 5.71. The predicted molar refractivity (Wildman–Crippen MR) is 77.0 cm³/mol. The minimum absolute atomic E-state index is 0.231. The van der Waals surface area contributed by atoms with E-state index >= 15 is 0 Å². The molecule has 0 spiro atoms. The third kappa shape index (κ3) is 4.41. The maximum Gasteiger partial charge on any atom is 0.191 e.